The molecule has 0 heterocycles. The van der Waals surface area contributed by atoms with E-state index in [2.05, 4.69) is 0 Å². The van der Waals surface area contributed by atoms with E-state index in [0.29, 0.717) is 5.56 Å². The van der Waals surface area contributed by atoms with Crippen LogP contribution < -0.4 is 0 Å². The van der Waals surface area contributed by atoms with E-state index in [1.54, 1.807) is 24.3 Å². The smallest absolute Gasteiger partial charge is 0.314 e. The number of carboxylic acids is 1. The number of carboxylic acid groups (broad SMARTS) is 1. The van der Waals surface area contributed by atoms with Gasteiger partial charge in [0.25, 0.3) is 0 Å². The van der Waals surface area contributed by atoms with Crippen LogP contribution >= 0.6 is 0 Å². The third kappa shape index (κ3) is 2.73. The zero-order valence-corrected chi connectivity index (χ0v) is 14.2. The Morgan fingerprint density at radius 3 is 2.44 bits per heavy atom. The Bertz CT molecular complexity index is 897. The van der Waals surface area contributed by atoms with Crippen LogP contribution in [0.2, 0.25) is 0 Å². The van der Waals surface area contributed by atoms with Crippen molar-refractivity contribution in [1.29, 1.82) is 0 Å². The molecule has 7 heteroatoms. The highest BCUT2D eigenvalue weighted by molar-refractivity contribution is 7.92. The number of sulfone groups is 1. The SMILES string of the molecule is COC[C@@]1(C(=O)O)[C@H](S(=O)(=O)c2ccccc2)[C@@H]1c1cccc(F)c1. The van der Waals surface area contributed by atoms with E-state index in [9.17, 15) is 22.7 Å². The lowest BCUT2D eigenvalue weighted by molar-refractivity contribution is -0.145. The van der Waals surface area contributed by atoms with Crippen molar-refractivity contribution in [1.82, 2.24) is 0 Å². The van der Waals surface area contributed by atoms with Crippen LogP contribution in [0.3, 0.4) is 0 Å². The number of hydrogen-bond acceptors (Lipinski definition) is 4. The Kier molecular flexibility index (Phi) is 4.38. The number of benzene rings is 2. The molecule has 1 aliphatic carbocycles. The molecule has 0 saturated heterocycles. The van der Waals surface area contributed by atoms with Gasteiger partial charge in [-0.15, -0.1) is 0 Å². The summed E-state index contributed by atoms with van der Waals surface area (Å²) >= 11 is 0. The van der Waals surface area contributed by atoms with Crippen molar-refractivity contribution in [3.8, 4) is 0 Å². The Hall–Kier alpha value is -2.25. The molecule has 0 aromatic heterocycles. The van der Waals surface area contributed by atoms with E-state index < -0.39 is 38.2 Å². The fraction of sp³-hybridized carbons (Fsp3) is 0.278. The van der Waals surface area contributed by atoms with Gasteiger partial charge in [-0.25, -0.2) is 12.8 Å². The molecule has 3 atom stereocenters. The summed E-state index contributed by atoms with van der Waals surface area (Å²) in [4.78, 5) is 12.0. The predicted octanol–water partition coefficient (Wildman–Crippen LogP) is 2.48. The lowest BCUT2D eigenvalue weighted by Gasteiger charge is -2.12. The maximum atomic E-state index is 13.6. The maximum Gasteiger partial charge on any atom is 0.314 e. The molecule has 5 nitrogen and oxygen atoms in total. The van der Waals surface area contributed by atoms with Crippen molar-refractivity contribution in [2.75, 3.05) is 13.7 Å². The average Bonchev–Trinajstić information content (AvgIpc) is 3.27. The van der Waals surface area contributed by atoms with Gasteiger partial charge in [-0.05, 0) is 29.8 Å². The first-order chi connectivity index (χ1) is 11.9. The lowest BCUT2D eigenvalue weighted by atomic mass is 10.00. The highest BCUT2D eigenvalue weighted by Gasteiger charge is 2.76. The van der Waals surface area contributed by atoms with Gasteiger partial charge in [-0.3, -0.25) is 4.79 Å². The first kappa shape index (κ1) is 17.6. The van der Waals surface area contributed by atoms with Crippen molar-refractivity contribution >= 4 is 15.8 Å². The van der Waals surface area contributed by atoms with Crippen LogP contribution in [-0.4, -0.2) is 38.5 Å². The molecule has 0 unspecified atom stereocenters. The summed E-state index contributed by atoms with van der Waals surface area (Å²) in [6.45, 7) is -0.278. The number of aliphatic carboxylic acids is 1. The molecular weight excluding hydrogens is 347 g/mol. The second-order valence-corrected chi connectivity index (χ2v) is 8.16. The minimum atomic E-state index is -3.93. The Balaban J connectivity index is 2.14. The van der Waals surface area contributed by atoms with Crippen LogP contribution in [0, 0.1) is 11.2 Å². The molecular formula is C18H17FO5S. The normalized spacial score (nSPS) is 25.5. The summed E-state index contributed by atoms with van der Waals surface area (Å²) in [7, 11) is -2.62. The van der Waals surface area contributed by atoms with Crippen molar-refractivity contribution in [3.63, 3.8) is 0 Å². The van der Waals surface area contributed by atoms with Gasteiger partial charge in [0.15, 0.2) is 9.84 Å². The van der Waals surface area contributed by atoms with E-state index in [0.717, 1.165) is 0 Å². The minimum Gasteiger partial charge on any atom is -0.481 e. The van der Waals surface area contributed by atoms with Crippen molar-refractivity contribution in [2.45, 2.75) is 16.1 Å². The predicted molar refractivity (Wildman–Crippen MR) is 88.5 cm³/mol. The third-order valence-electron chi connectivity index (χ3n) is 4.65. The van der Waals surface area contributed by atoms with E-state index in [1.807, 2.05) is 0 Å². The summed E-state index contributed by atoms with van der Waals surface area (Å²) in [6.07, 6.45) is 0. The van der Waals surface area contributed by atoms with Gasteiger partial charge in [0.2, 0.25) is 0 Å². The van der Waals surface area contributed by atoms with Crippen LogP contribution in [0.25, 0.3) is 0 Å². The van der Waals surface area contributed by atoms with E-state index in [-0.39, 0.29) is 11.5 Å². The van der Waals surface area contributed by atoms with Crippen LogP contribution in [0.5, 0.6) is 0 Å². The molecule has 0 aliphatic heterocycles. The molecule has 0 radical (unpaired) electrons. The first-order valence-corrected chi connectivity index (χ1v) is 9.17. The fourth-order valence-electron chi connectivity index (χ4n) is 3.52. The highest BCUT2D eigenvalue weighted by atomic mass is 32.2. The molecule has 1 saturated carbocycles. The summed E-state index contributed by atoms with van der Waals surface area (Å²) in [6, 6.07) is 13.1. The molecule has 0 amide bonds. The largest absolute Gasteiger partial charge is 0.481 e. The average molecular weight is 364 g/mol. The number of carbonyl (C=O) groups is 1. The number of halogens is 1. The van der Waals surface area contributed by atoms with Gasteiger partial charge >= 0.3 is 5.97 Å². The molecule has 2 aromatic carbocycles. The van der Waals surface area contributed by atoms with Gasteiger partial charge < -0.3 is 9.84 Å². The summed E-state index contributed by atoms with van der Waals surface area (Å²) in [5.74, 6) is -2.70. The third-order valence-corrected chi connectivity index (χ3v) is 6.94. The van der Waals surface area contributed by atoms with E-state index in [1.165, 1.54) is 37.4 Å². The summed E-state index contributed by atoms with van der Waals surface area (Å²) in [5.41, 5.74) is -1.30. The second-order valence-electron chi connectivity index (χ2n) is 6.09. The Morgan fingerprint density at radius 1 is 1.20 bits per heavy atom. The van der Waals surface area contributed by atoms with Gasteiger partial charge in [0.05, 0.1) is 16.8 Å². The van der Waals surface area contributed by atoms with Gasteiger partial charge in [-0.2, -0.15) is 0 Å². The molecule has 0 bridgehead atoms. The molecule has 132 valence electrons. The van der Waals surface area contributed by atoms with Crippen LogP contribution in [-0.2, 0) is 19.4 Å². The molecule has 1 aliphatic rings. The van der Waals surface area contributed by atoms with Gasteiger partial charge in [0, 0.05) is 13.0 Å². The zero-order chi connectivity index (χ0) is 18.2. The maximum absolute atomic E-state index is 13.6. The quantitative estimate of drug-likeness (QED) is 0.852. The Labute approximate surface area is 145 Å². The first-order valence-electron chi connectivity index (χ1n) is 7.62. The van der Waals surface area contributed by atoms with Crippen molar-refractivity contribution in [3.05, 3.63) is 66.0 Å². The summed E-state index contributed by atoms with van der Waals surface area (Å²) < 4.78 is 44.7. The second kappa shape index (κ2) is 6.24. The van der Waals surface area contributed by atoms with Crippen molar-refractivity contribution in [2.24, 2.45) is 5.41 Å². The molecule has 0 spiro atoms. The number of methoxy groups -OCH3 is 1. The summed E-state index contributed by atoms with van der Waals surface area (Å²) in [5, 5.41) is 8.56. The van der Waals surface area contributed by atoms with Crippen LogP contribution in [0.4, 0.5) is 4.39 Å². The molecule has 1 N–H and O–H groups in total. The number of ether oxygens (including phenoxy) is 1. The van der Waals surface area contributed by atoms with E-state index >= 15 is 0 Å². The van der Waals surface area contributed by atoms with Gasteiger partial charge in [0.1, 0.15) is 11.2 Å². The Morgan fingerprint density at radius 2 is 1.88 bits per heavy atom. The van der Waals surface area contributed by atoms with Crippen LogP contribution in [0.15, 0.2) is 59.5 Å². The lowest BCUT2D eigenvalue weighted by Crippen LogP contribution is -2.28. The zero-order valence-electron chi connectivity index (χ0n) is 13.4. The molecule has 3 rings (SSSR count). The molecule has 1 fully saturated rings. The van der Waals surface area contributed by atoms with E-state index in [4.69, 9.17) is 4.74 Å². The van der Waals surface area contributed by atoms with Crippen LogP contribution in [0.1, 0.15) is 11.5 Å². The fourth-order valence-corrected chi connectivity index (χ4v) is 5.90. The number of hydrogen-bond donors (Lipinski definition) is 1. The topological polar surface area (TPSA) is 80.7 Å². The minimum absolute atomic E-state index is 0.0423. The number of rotatable bonds is 6. The van der Waals surface area contributed by atoms with Crippen molar-refractivity contribution < 1.29 is 27.4 Å². The monoisotopic (exact) mass is 364 g/mol. The molecule has 2 aromatic rings. The highest BCUT2D eigenvalue weighted by Crippen LogP contribution is 2.64. The van der Waals surface area contributed by atoms with Gasteiger partial charge in [-0.1, -0.05) is 30.3 Å². The standard InChI is InChI=1S/C18H17FO5S/c1-24-11-18(17(20)21)15(12-6-5-7-13(19)10-12)16(18)25(22,23)14-8-3-2-4-9-14/h2-10,15-16H,11H2,1H3,(H,20,21)/t15-,16+,18-/m0/s1. The molecule has 25 heavy (non-hydrogen) atoms.